The van der Waals surface area contributed by atoms with Crippen LogP contribution in [-0.2, 0) is 9.19 Å². The largest absolute Gasteiger partial charge is 0.374 e. The highest BCUT2D eigenvalue weighted by atomic mass is 35.5. The molecule has 0 aliphatic carbocycles. The third kappa shape index (κ3) is 2.92. The molecule has 0 amide bonds. The van der Waals surface area contributed by atoms with Gasteiger partial charge in [0, 0.05) is 25.2 Å². The van der Waals surface area contributed by atoms with E-state index < -0.39 is 4.46 Å². The molecule has 3 nitrogen and oxygen atoms in total. The highest BCUT2D eigenvalue weighted by molar-refractivity contribution is 6.47. The number of ether oxygens (including phenoxy) is 1. The van der Waals surface area contributed by atoms with Gasteiger partial charge in [-0.2, -0.15) is 0 Å². The number of nitrogens with zero attached hydrogens (tertiary/aromatic N) is 1. The van der Waals surface area contributed by atoms with Crippen molar-refractivity contribution in [1.29, 1.82) is 0 Å². The van der Waals surface area contributed by atoms with E-state index in [1.165, 1.54) is 0 Å². The van der Waals surface area contributed by atoms with Gasteiger partial charge in [-0.3, -0.25) is 4.90 Å². The molecule has 1 aromatic rings. The van der Waals surface area contributed by atoms with Crippen LogP contribution < -0.4 is 5.73 Å². The van der Waals surface area contributed by atoms with Crippen LogP contribution in [0.1, 0.15) is 5.56 Å². The summed E-state index contributed by atoms with van der Waals surface area (Å²) in [5, 5.41) is 0. The molecule has 0 saturated carbocycles. The van der Waals surface area contributed by atoms with Gasteiger partial charge in [0.15, 0.2) is 4.46 Å². The molecule has 0 spiro atoms. The number of halogens is 2. The fourth-order valence-corrected chi connectivity index (χ4v) is 2.50. The fourth-order valence-electron chi connectivity index (χ4n) is 1.94. The predicted molar refractivity (Wildman–Crippen MR) is 70.2 cm³/mol. The molecular weight excluding hydrogens is 259 g/mol. The Bertz CT molecular complexity index is 359. The summed E-state index contributed by atoms with van der Waals surface area (Å²) in [5.74, 6) is 0. The molecule has 1 aliphatic rings. The van der Waals surface area contributed by atoms with Crippen molar-refractivity contribution in [3.63, 3.8) is 0 Å². The lowest BCUT2D eigenvalue weighted by Gasteiger charge is -2.40. The van der Waals surface area contributed by atoms with Crippen molar-refractivity contribution in [1.82, 2.24) is 4.90 Å². The van der Waals surface area contributed by atoms with Crippen molar-refractivity contribution in [3.8, 4) is 0 Å². The summed E-state index contributed by atoms with van der Waals surface area (Å²) >= 11 is 12.9. The molecule has 0 radical (unpaired) electrons. The molecule has 0 aromatic heterocycles. The minimum atomic E-state index is -1.02. The number of hydrogen-bond acceptors (Lipinski definition) is 3. The first-order chi connectivity index (χ1) is 8.14. The average molecular weight is 275 g/mol. The van der Waals surface area contributed by atoms with E-state index in [2.05, 4.69) is 0 Å². The Labute approximate surface area is 111 Å². The zero-order chi connectivity index (χ0) is 12.3. The van der Waals surface area contributed by atoms with Crippen LogP contribution in [-0.4, -0.2) is 37.2 Å². The van der Waals surface area contributed by atoms with Gasteiger partial charge in [-0.05, 0) is 0 Å². The smallest absolute Gasteiger partial charge is 0.197 e. The van der Waals surface area contributed by atoms with Gasteiger partial charge in [0.2, 0.25) is 0 Å². The number of benzene rings is 1. The lowest BCUT2D eigenvalue weighted by Crippen LogP contribution is -2.51. The van der Waals surface area contributed by atoms with E-state index in [-0.39, 0.29) is 6.10 Å². The standard InChI is InChI=1S/C12H16Cl2N2O/c13-12(14,10-4-2-1-3-5-10)16-6-7-17-11(8-15)9-16/h1-5,11H,6-9,15H2/t11-/m0/s1. The summed E-state index contributed by atoms with van der Waals surface area (Å²) in [6.07, 6.45) is 0.00402. The normalized spacial score (nSPS) is 22.6. The Kier molecular flexibility index (Phi) is 4.28. The maximum absolute atomic E-state index is 6.46. The fraction of sp³-hybridized carbons (Fsp3) is 0.500. The number of nitrogens with two attached hydrogens (primary N) is 1. The zero-order valence-electron chi connectivity index (χ0n) is 9.48. The molecule has 1 atom stereocenters. The van der Waals surface area contributed by atoms with E-state index >= 15 is 0 Å². The topological polar surface area (TPSA) is 38.5 Å². The average Bonchev–Trinajstić information content (AvgIpc) is 2.40. The Morgan fingerprint density at radius 3 is 2.71 bits per heavy atom. The Morgan fingerprint density at radius 2 is 2.06 bits per heavy atom. The molecule has 1 aliphatic heterocycles. The Hall–Kier alpha value is -0.320. The lowest BCUT2D eigenvalue weighted by molar-refractivity contribution is -0.0344. The van der Waals surface area contributed by atoms with Crippen LogP contribution in [0.15, 0.2) is 30.3 Å². The third-order valence-electron chi connectivity index (χ3n) is 2.92. The van der Waals surface area contributed by atoms with Crippen LogP contribution in [0.3, 0.4) is 0 Å². The molecule has 1 fully saturated rings. The van der Waals surface area contributed by atoms with E-state index in [1.807, 2.05) is 35.2 Å². The molecule has 5 heteroatoms. The van der Waals surface area contributed by atoms with Gasteiger partial charge in [-0.25, -0.2) is 0 Å². The highest BCUT2D eigenvalue weighted by Gasteiger charge is 2.37. The van der Waals surface area contributed by atoms with Gasteiger partial charge in [0.1, 0.15) is 0 Å². The third-order valence-corrected chi connectivity index (χ3v) is 3.83. The maximum Gasteiger partial charge on any atom is 0.197 e. The van der Waals surface area contributed by atoms with Crippen molar-refractivity contribution in [3.05, 3.63) is 35.9 Å². The van der Waals surface area contributed by atoms with E-state index in [0.29, 0.717) is 26.2 Å². The molecule has 17 heavy (non-hydrogen) atoms. The van der Waals surface area contributed by atoms with Crippen LogP contribution in [0, 0.1) is 0 Å². The second kappa shape index (κ2) is 5.55. The van der Waals surface area contributed by atoms with E-state index in [9.17, 15) is 0 Å². The second-order valence-electron chi connectivity index (χ2n) is 4.08. The summed E-state index contributed by atoms with van der Waals surface area (Å²) in [7, 11) is 0. The minimum absolute atomic E-state index is 0.00402. The van der Waals surface area contributed by atoms with E-state index in [4.69, 9.17) is 33.7 Å². The molecular formula is C12H16Cl2N2O. The van der Waals surface area contributed by atoms with Crippen molar-refractivity contribution in [2.75, 3.05) is 26.2 Å². The molecule has 1 aromatic carbocycles. The molecule has 1 saturated heterocycles. The van der Waals surface area contributed by atoms with Crippen molar-refractivity contribution < 1.29 is 4.74 Å². The van der Waals surface area contributed by atoms with Crippen LogP contribution >= 0.6 is 23.2 Å². The quantitative estimate of drug-likeness (QED) is 0.676. The summed E-state index contributed by atoms with van der Waals surface area (Å²) in [6, 6.07) is 9.64. The number of morpholine rings is 1. The van der Waals surface area contributed by atoms with Crippen molar-refractivity contribution >= 4 is 23.2 Å². The number of hydrogen-bond donors (Lipinski definition) is 1. The van der Waals surface area contributed by atoms with Gasteiger partial charge in [0.05, 0.1) is 12.7 Å². The summed E-state index contributed by atoms with van der Waals surface area (Å²) in [6.45, 7) is 2.45. The van der Waals surface area contributed by atoms with Gasteiger partial charge >= 0.3 is 0 Å². The Morgan fingerprint density at radius 1 is 1.35 bits per heavy atom. The van der Waals surface area contributed by atoms with Gasteiger partial charge < -0.3 is 10.5 Å². The first kappa shape index (κ1) is 13.1. The van der Waals surface area contributed by atoms with Crippen LogP contribution in [0.4, 0.5) is 0 Å². The molecule has 0 unspecified atom stereocenters. The number of alkyl halides is 2. The minimum Gasteiger partial charge on any atom is -0.374 e. The monoisotopic (exact) mass is 274 g/mol. The van der Waals surface area contributed by atoms with Gasteiger partial charge in [0.25, 0.3) is 0 Å². The van der Waals surface area contributed by atoms with E-state index in [1.54, 1.807) is 0 Å². The molecule has 94 valence electrons. The highest BCUT2D eigenvalue weighted by Crippen LogP contribution is 2.38. The lowest BCUT2D eigenvalue weighted by atomic mass is 10.2. The first-order valence-electron chi connectivity index (χ1n) is 5.64. The van der Waals surface area contributed by atoms with Gasteiger partial charge in [-0.15, -0.1) is 0 Å². The van der Waals surface area contributed by atoms with Gasteiger partial charge in [-0.1, -0.05) is 53.5 Å². The first-order valence-corrected chi connectivity index (χ1v) is 6.40. The zero-order valence-corrected chi connectivity index (χ0v) is 11.0. The van der Waals surface area contributed by atoms with Crippen molar-refractivity contribution in [2.24, 2.45) is 5.73 Å². The van der Waals surface area contributed by atoms with Crippen LogP contribution in [0.5, 0.6) is 0 Å². The second-order valence-corrected chi connectivity index (χ2v) is 5.37. The predicted octanol–water partition coefficient (Wildman–Crippen LogP) is 1.93. The number of rotatable bonds is 3. The SMILES string of the molecule is NC[C@H]1CN(C(Cl)(Cl)c2ccccc2)CCO1. The summed E-state index contributed by atoms with van der Waals surface area (Å²) < 4.78 is 4.49. The molecule has 2 rings (SSSR count). The van der Waals surface area contributed by atoms with Crippen LogP contribution in [0.2, 0.25) is 0 Å². The molecule has 2 N–H and O–H groups in total. The maximum atomic E-state index is 6.46. The molecule has 0 bridgehead atoms. The van der Waals surface area contributed by atoms with Crippen molar-refractivity contribution in [2.45, 2.75) is 10.6 Å². The summed E-state index contributed by atoms with van der Waals surface area (Å²) in [4.78, 5) is 1.99. The summed E-state index contributed by atoms with van der Waals surface area (Å²) in [5.41, 5.74) is 6.49. The van der Waals surface area contributed by atoms with E-state index in [0.717, 1.165) is 5.56 Å². The van der Waals surface area contributed by atoms with Crippen LogP contribution in [0.25, 0.3) is 0 Å². The molecule has 1 heterocycles. The Balaban J connectivity index is 2.15.